The average molecular weight is 487 g/mol. The van der Waals surface area contributed by atoms with Gasteiger partial charge < -0.3 is 13.8 Å². The van der Waals surface area contributed by atoms with Gasteiger partial charge in [-0.1, -0.05) is 17.3 Å². The highest BCUT2D eigenvalue weighted by molar-refractivity contribution is 7.71. The largest absolute Gasteiger partial charge is 0.497 e. The van der Waals surface area contributed by atoms with Gasteiger partial charge in [0.15, 0.2) is 4.77 Å². The third kappa shape index (κ3) is 4.46. The Morgan fingerprint density at radius 3 is 2.35 bits per heavy atom. The van der Waals surface area contributed by atoms with Crippen molar-refractivity contribution in [3.63, 3.8) is 0 Å². The number of hydrogen-bond donors (Lipinski definition) is 0. The van der Waals surface area contributed by atoms with E-state index in [-0.39, 0.29) is 4.77 Å². The van der Waals surface area contributed by atoms with Crippen LogP contribution in [0.5, 0.6) is 5.75 Å². The summed E-state index contributed by atoms with van der Waals surface area (Å²) in [6, 6.07) is 14.6. The second-order valence-corrected chi connectivity index (χ2v) is 8.49. The highest BCUT2D eigenvalue weighted by atomic mass is 32.1. The van der Waals surface area contributed by atoms with Crippen molar-refractivity contribution in [3.05, 3.63) is 59.2 Å². The summed E-state index contributed by atoms with van der Waals surface area (Å²) in [5, 5.41) is 4.09. The molecule has 8 nitrogen and oxygen atoms in total. The van der Waals surface area contributed by atoms with Gasteiger partial charge in [-0.25, -0.2) is 0 Å². The number of methoxy groups -OCH3 is 1. The molecule has 2 aromatic heterocycles. The van der Waals surface area contributed by atoms with Crippen molar-refractivity contribution in [2.24, 2.45) is 0 Å². The summed E-state index contributed by atoms with van der Waals surface area (Å²) in [4.78, 5) is 8.97. The van der Waals surface area contributed by atoms with E-state index in [1.165, 1.54) is 0 Å². The number of alkyl halides is 2. The number of halogens is 2. The molecule has 2 aromatic carbocycles. The van der Waals surface area contributed by atoms with E-state index in [1.54, 1.807) is 23.8 Å². The summed E-state index contributed by atoms with van der Waals surface area (Å²) in [7, 11) is 1.62. The quantitative estimate of drug-likeness (QED) is 0.359. The van der Waals surface area contributed by atoms with Crippen LogP contribution in [0.4, 0.5) is 8.78 Å². The van der Waals surface area contributed by atoms with Crippen molar-refractivity contribution in [3.8, 4) is 17.1 Å². The van der Waals surface area contributed by atoms with Gasteiger partial charge in [0.2, 0.25) is 11.7 Å². The molecular weight excluding hydrogens is 462 g/mol. The lowest BCUT2D eigenvalue weighted by molar-refractivity contribution is 0.0694. The van der Waals surface area contributed by atoms with Crippen LogP contribution in [0.25, 0.3) is 22.4 Å². The number of aromatic nitrogens is 4. The van der Waals surface area contributed by atoms with Crippen LogP contribution in [0, 0.1) is 4.77 Å². The fraction of sp³-hybridized carbons (Fsp3) is 0.348. The van der Waals surface area contributed by atoms with E-state index < -0.39 is 6.55 Å². The van der Waals surface area contributed by atoms with Crippen LogP contribution in [-0.2, 0) is 13.2 Å². The van der Waals surface area contributed by atoms with Crippen molar-refractivity contribution in [1.29, 1.82) is 0 Å². The first-order chi connectivity index (χ1) is 16.5. The molecule has 0 saturated carbocycles. The summed E-state index contributed by atoms with van der Waals surface area (Å²) >= 11 is 5.38. The van der Waals surface area contributed by atoms with Crippen LogP contribution < -0.4 is 4.74 Å². The Morgan fingerprint density at radius 2 is 1.68 bits per heavy atom. The zero-order chi connectivity index (χ0) is 23.7. The van der Waals surface area contributed by atoms with Crippen molar-refractivity contribution in [1.82, 2.24) is 29.1 Å². The zero-order valence-corrected chi connectivity index (χ0v) is 19.4. The summed E-state index contributed by atoms with van der Waals surface area (Å²) in [6.45, 7) is 1.48. The molecule has 1 aliphatic heterocycles. The number of fused-ring (bicyclic) bond motifs is 1. The molecule has 0 aliphatic carbocycles. The lowest BCUT2D eigenvalue weighted by Crippen LogP contribution is -2.46. The molecule has 0 radical (unpaired) electrons. The molecule has 0 unspecified atom stereocenters. The SMILES string of the molecule is COc1ccc(-c2noc(CN3CCN(Cn4c(=S)n(C(F)F)c5ccccc54)CC3)n2)cc1. The van der Waals surface area contributed by atoms with Crippen LogP contribution in [0.15, 0.2) is 53.1 Å². The number of para-hydroxylation sites is 2. The predicted molar refractivity (Wildman–Crippen MR) is 125 cm³/mol. The molecule has 1 aliphatic rings. The normalized spacial score (nSPS) is 15.4. The molecule has 5 rings (SSSR count). The topological polar surface area (TPSA) is 64.5 Å². The number of piperazine rings is 1. The molecule has 0 atom stereocenters. The van der Waals surface area contributed by atoms with E-state index in [4.69, 9.17) is 21.5 Å². The van der Waals surface area contributed by atoms with Gasteiger partial charge in [-0.2, -0.15) is 13.8 Å². The molecule has 0 spiro atoms. The first kappa shape index (κ1) is 22.6. The molecule has 34 heavy (non-hydrogen) atoms. The number of benzene rings is 2. The van der Waals surface area contributed by atoms with E-state index in [0.29, 0.717) is 36.0 Å². The Labute approximate surface area is 199 Å². The Hall–Kier alpha value is -3.15. The van der Waals surface area contributed by atoms with Crippen LogP contribution >= 0.6 is 12.2 Å². The number of rotatable bonds is 7. The lowest BCUT2D eigenvalue weighted by atomic mass is 10.2. The summed E-state index contributed by atoms with van der Waals surface area (Å²) in [5.74, 6) is 1.87. The standard InChI is InChI=1S/C23H24F2N6O2S/c1-32-17-8-6-16(7-9-17)21-26-20(33-27-21)14-28-10-12-29(13-11-28)15-30-18-4-2-3-5-19(18)31(22(24)25)23(30)34/h2-9,22H,10-15H2,1H3. The number of nitrogens with zero attached hydrogens (tertiary/aromatic N) is 6. The monoisotopic (exact) mass is 486 g/mol. The second-order valence-electron chi connectivity index (χ2n) is 8.12. The van der Waals surface area contributed by atoms with E-state index >= 15 is 0 Å². The van der Waals surface area contributed by atoms with E-state index in [2.05, 4.69) is 19.9 Å². The molecular formula is C23H24F2N6O2S. The van der Waals surface area contributed by atoms with Crippen LogP contribution in [-0.4, -0.2) is 62.4 Å². The van der Waals surface area contributed by atoms with E-state index in [0.717, 1.165) is 42.1 Å². The van der Waals surface area contributed by atoms with Gasteiger partial charge in [0.1, 0.15) is 5.75 Å². The maximum absolute atomic E-state index is 13.6. The highest BCUT2D eigenvalue weighted by Crippen LogP contribution is 2.25. The van der Waals surface area contributed by atoms with E-state index in [9.17, 15) is 8.78 Å². The molecule has 0 amide bonds. The zero-order valence-electron chi connectivity index (χ0n) is 18.6. The van der Waals surface area contributed by atoms with Gasteiger partial charge in [0.25, 0.3) is 0 Å². The third-order valence-corrected chi connectivity index (χ3v) is 6.46. The van der Waals surface area contributed by atoms with Gasteiger partial charge in [-0.05, 0) is 48.6 Å². The minimum atomic E-state index is -2.67. The van der Waals surface area contributed by atoms with Crippen molar-refractivity contribution in [2.75, 3.05) is 33.3 Å². The maximum Gasteiger partial charge on any atom is 0.321 e. The fourth-order valence-electron chi connectivity index (χ4n) is 4.21. The fourth-order valence-corrected chi connectivity index (χ4v) is 4.55. The minimum absolute atomic E-state index is 0.135. The molecule has 1 fully saturated rings. The van der Waals surface area contributed by atoms with Crippen LogP contribution in [0.1, 0.15) is 12.4 Å². The van der Waals surface area contributed by atoms with E-state index in [1.807, 2.05) is 36.4 Å². The Kier molecular flexibility index (Phi) is 6.40. The number of hydrogen-bond acceptors (Lipinski definition) is 7. The van der Waals surface area contributed by atoms with Gasteiger partial charge in [-0.15, -0.1) is 0 Å². The van der Waals surface area contributed by atoms with Crippen molar-refractivity contribution in [2.45, 2.75) is 19.8 Å². The van der Waals surface area contributed by atoms with Gasteiger partial charge in [0.05, 0.1) is 31.4 Å². The van der Waals surface area contributed by atoms with Gasteiger partial charge in [-0.3, -0.25) is 14.4 Å². The molecule has 11 heteroatoms. The summed E-state index contributed by atoms with van der Waals surface area (Å²) < 4.78 is 40.6. The van der Waals surface area contributed by atoms with Gasteiger partial charge in [0, 0.05) is 31.7 Å². The Balaban J connectivity index is 1.21. The molecule has 0 N–H and O–H groups in total. The van der Waals surface area contributed by atoms with Crippen molar-refractivity contribution >= 4 is 23.3 Å². The Morgan fingerprint density at radius 1 is 1.00 bits per heavy atom. The molecule has 3 heterocycles. The maximum atomic E-state index is 13.6. The lowest BCUT2D eigenvalue weighted by Gasteiger charge is -2.34. The highest BCUT2D eigenvalue weighted by Gasteiger charge is 2.22. The summed E-state index contributed by atoms with van der Waals surface area (Å²) in [5.41, 5.74) is 2.03. The molecule has 178 valence electrons. The minimum Gasteiger partial charge on any atom is -0.497 e. The van der Waals surface area contributed by atoms with Crippen LogP contribution in [0.2, 0.25) is 0 Å². The average Bonchev–Trinajstić information content (AvgIpc) is 3.43. The smallest absolute Gasteiger partial charge is 0.321 e. The van der Waals surface area contributed by atoms with Crippen LogP contribution in [0.3, 0.4) is 0 Å². The molecule has 1 saturated heterocycles. The molecule has 4 aromatic rings. The molecule has 0 bridgehead atoms. The number of ether oxygens (including phenoxy) is 1. The second kappa shape index (κ2) is 9.61. The summed E-state index contributed by atoms with van der Waals surface area (Å²) in [6.07, 6.45) is 0. The first-order valence-electron chi connectivity index (χ1n) is 10.9. The van der Waals surface area contributed by atoms with Crippen molar-refractivity contribution < 1.29 is 18.0 Å². The predicted octanol–water partition coefficient (Wildman–Crippen LogP) is 4.40. The first-order valence-corrected chi connectivity index (χ1v) is 11.3. The Bertz CT molecular complexity index is 1330. The van der Waals surface area contributed by atoms with Gasteiger partial charge >= 0.3 is 6.55 Å². The third-order valence-electron chi connectivity index (χ3n) is 6.05. The number of imidazole rings is 1.